The molecule has 0 aromatic rings. The Bertz CT molecular complexity index is 229. The van der Waals surface area contributed by atoms with Gasteiger partial charge in [0, 0.05) is 31.6 Å². The van der Waals surface area contributed by atoms with Gasteiger partial charge in [-0.3, -0.25) is 4.79 Å². The van der Waals surface area contributed by atoms with E-state index in [4.69, 9.17) is 0 Å². The highest BCUT2D eigenvalue weighted by Gasteiger charge is 2.43. The summed E-state index contributed by atoms with van der Waals surface area (Å²) in [5.74, 6) is 1.07. The van der Waals surface area contributed by atoms with Gasteiger partial charge in [-0.15, -0.1) is 0 Å². The third kappa shape index (κ3) is 1.54. The highest BCUT2D eigenvalue weighted by Crippen LogP contribution is 2.32. The first kappa shape index (κ1) is 9.97. The zero-order valence-electron chi connectivity index (χ0n) is 9.12. The minimum atomic E-state index is 0.358. The van der Waals surface area contributed by atoms with Gasteiger partial charge in [-0.1, -0.05) is 6.92 Å². The van der Waals surface area contributed by atoms with E-state index in [1.54, 1.807) is 0 Å². The molecule has 2 aliphatic rings. The van der Waals surface area contributed by atoms with Crippen LogP contribution in [0.25, 0.3) is 0 Å². The van der Waals surface area contributed by atoms with Crippen molar-refractivity contribution in [3.8, 4) is 0 Å². The number of amides is 1. The van der Waals surface area contributed by atoms with Gasteiger partial charge >= 0.3 is 0 Å². The number of hydrogen-bond acceptors (Lipinski definition) is 2. The van der Waals surface area contributed by atoms with Gasteiger partial charge < -0.3 is 10.2 Å². The molecule has 2 aliphatic heterocycles. The monoisotopic (exact) mass is 196 g/mol. The molecule has 0 aromatic heterocycles. The van der Waals surface area contributed by atoms with E-state index in [1.807, 2.05) is 0 Å². The molecule has 0 bridgehead atoms. The average molecular weight is 196 g/mol. The molecule has 2 fully saturated rings. The second-order valence-electron chi connectivity index (χ2n) is 4.62. The van der Waals surface area contributed by atoms with E-state index in [2.05, 4.69) is 24.1 Å². The van der Waals surface area contributed by atoms with Crippen molar-refractivity contribution in [1.82, 2.24) is 10.2 Å². The Morgan fingerprint density at radius 2 is 2.29 bits per heavy atom. The van der Waals surface area contributed by atoms with Crippen LogP contribution >= 0.6 is 0 Å². The van der Waals surface area contributed by atoms with Gasteiger partial charge in [-0.05, 0) is 25.7 Å². The molecule has 1 N–H and O–H groups in total. The number of likely N-dealkylation sites (tertiary alicyclic amines) is 1. The van der Waals surface area contributed by atoms with E-state index in [1.165, 1.54) is 6.42 Å². The van der Waals surface area contributed by atoms with E-state index >= 15 is 0 Å². The molecular formula is C11H20N2O. The van der Waals surface area contributed by atoms with Crippen molar-refractivity contribution >= 4 is 5.91 Å². The zero-order chi connectivity index (χ0) is 10.1. The van der Waals surface area contributed by atoms with Crippen molar-refractivity contribution in [2.75, 3.05) is 13.1 Å². The summed E-state index contributed by atoms with van der Waals surface area (Å²) in [5, 5.41) is 3.38. The summed E-state index contributed by atoms with van der Waals surface area (Å²) in [7, 11) is 0. The molecule has 1 amide bonds. The Hall–Kier alpha value is -0.570. The summed E-state index contributed by atoms with van der Waals surface area (Å²) in [4.78, 5) is 14.0. The van der Waals surface area contributed by atoms with Crippen LogP contribution in [0.4, 0.5) is 0 Å². The third-order valence-electron chi connectivity index (χ3n) is 3.53. The molecule has 0 aromatic carbocycles. The Labute approximate surface area is 85.8 Å². The lowest BCUT2D eigenvalue weighted by Gasteiger charge is -2.27. The second kappa shape index (κ2) is 3.89. The molecule has 0 spiro atoms. The number of nitrogens with zero attached hydrogens (tertiary/aromatic N) is 1. The van der Waals surface area contributed by atoms with Crippen LogP contribution in [0.15, 0.2) is 0 Å². The topological polar surface area (TPSA) is 32.3 Å². The highest BCUT2D eigenvalue weighted by molar-refractivity contribution is 5.77. The van der Waals surface area contributed by atoms with Gasteiger partial charge in [0.25, 0.3) is 0 Å². The number of hydrogen-bond donors (Lipinski definition) is 1. The lowest BCUT2D eigenvalue weighted by molar-refractivity contribution is -0.133. The molecule has 80 valence electrons. The second-order valence-corrected chi connectivity index (χ2v) is 4.62. The number of nitrogens with one attached hydrogen (secondary N) is 1. The van der Waals surface area contributed by atoms with Crippen molar-refractivity contribution in [2.24, 2.45) is 5.92 Å². The smallest absolute Gasteiger partial charge is 0.223 e. The number of rotatable bonds is 2. The summed E-state index contributed by atoms with van der Waals surface area (Å²) >= 11 is 0. The Morgan fingerprint density at radius 3 is 3.00 bits per heavy atom. The van der Waals surface area contributed by atoms with Gasteiger partial charge in [0.15, 0.2) is 0 Å². The highest BCUT2D eigenvalue weighted by atomic mass is 16.2. The van der Waals surface area contributed by atoms with Gasteiger partial charge in [0.05, 0.1) is 0 Å². The largest absolute Gasteiger partial charge is 0.335 e. The Kier molecular flexibility index (Phi) is 2.77. The predicted molar refractivity (Wildman–Crippen MR) is 56.0 cm³/mol. The molecule has 0 saturated carbocycles. The molecule has 3 heteroatoms. The standard InChI is InChI=1S/C11H20N2O/c1-3-4-11(14)13-8(2)5-9-6-12-7-10(9)13/h8-10,12H,3-7H2,1-2H3. The zero-order valence-corrected chi connectivity index (χ0v) is 9.12. The van der Waals surface area contributed by atoms with Crippen molar-refractivity contribution in [3.63, 3.8) is 0 Å². The fourth-order valence-corrected chi connectivity index (χ4v) is 2.94. The van der Waals surface area contributed by atoms with Crippen LogP contribution in [0, 0.1) is 5.92 Å². The van der Waals surface area contributed by atoms with Gasteiger partial charge in [0.2, 0.25) is 5.91 Å². The van der Waals surface area contributed by atoms with Crippen LogP contribution in [-0.2, 0) is 4.79 Å². The van der Waals surface area contributed by atoms with E-state index in [-0.39, 0.29) is 0 Å². The fourth-order valence-electron chi connectivity index (χ4n) is 2.94. The lowest BCUT2D eigenvalue weighted by Crippen LogP contribution is -2.42. The maximum absolute atomic E-state index is 11.9. The number of carbonyl (C=O) groups excluding carboxylic acids is 1. The van der Waals surface area contributed by atoms with Gasteiger partial charge in [-0.2, -0.15) is 0 Å². The third-order valence-corrected chi connectivity index (χ3v) is 3.53. The summed E-state index contributed by atoms with van der Waals surface area (Å²) < 4.78 is 0. The maximum Gasteiger partial charge on any atom is 0.223 e. The molecule has 0 radical (unpaired) electrons. The van der Waals surface area contributed by atoms with Crippen LogP contribution < -0.4 is 5.32 Å². The van der Waals surface area contributed by atoms with Crippen molar-refractivity contribution in [2.45, 2.75) is 45.2 Å². The molecule has 2 rings (SSSR count). The van der Waals surface area contributed by atoms with E-state index in [0.29, 0.717) is 30.3 Å². The molecule has 14 heavy (non-hydrogen) atoms. The molecule has 2 saturated heterocycles. The molecule has 3 nitrogen and oxygen atoms in total. The summed E-state index contributed by atoms with van der Waals surface area (Å²) in [5.41, 5.74) is 0. The van der Waals surface area contributed by atoms with Gasteiger partial charge in [0.1, 0.15) is 0 Å². The first-order valence-corrected chi connectivity index (χ1v) is 5.76. The molecular weight excluding hydrogens is 176 g/mol. The van der Waals surface area contributed by atoms with Crippen molar-refractivity contribution in [1.29, 1.82) is 0 Å². The summed E-state index contributed by atoms with van der Waals surface area (Å²) in [6, 6.07) is 0.954. The minimum absolute atomic E-state index is 0.358. The average Bonchev–Trinajstić information content (AvgIpc) is 2.63. The molecule has 3 unspecified atom stereocenters. The van der Waals surface area contributed by atoms with E-state index < -0.39 is 0 Å². The molecule has 0 aliphatic carbocycles. The number of carbonyl (C=O) groups is 1. The molecule has 2 heterocycles. The van der Waals surface area contributed by atoms with Crippen LogP contribution in [0.3, 0.4) is 0 Å². The van der Waals surface area contributed by atoms with E-state index in [0.717, 1.165) is 19.5 Å². The van der Waals surface area contributed by atoms with Crippen LogP contribution in [0.1, 0.15) is 33.1 Å². The van der Waals surface area contributed by atoms with Crippen LogP contribution in [-0.4, -0.2) is 36.0 Å². The van der Waals surface area contributed by atoms with Crippen molar-refractivity contribution < 1.29 is 4.79 Å². The summed E-state index contributed by atoms with van der Waals surface area (Å²) in [6.07, 6.45) is 2.87. The normalized spacial score (nSPS) is 36.1. The minimum Gasteiger partial charge on any atom is -0.335 e. The van der Waals surface area contributed by atoms with Crippen molar-refractivity contribution in [3.05, 3.63) is 0 Å². The fraction of sp³-hybridized carbons (Fsp3) is 0.909. The first-order valence-electron chi connectivity index (χ1n) is 5.76. The first-order chi connectivity index (χ1) is 6.74. The van der Waals surface area contributed by atoms with Crippen LogP contribution in [0.5, 0.6) is 0 Å². The summed E-state index contributed by atoms with van der Waals surface area (Å²) in [6.45, 7) is 6.37. The van der Waals surface area contributed by atoms with Crippen LogP contribution in [0.2, 0.25) is 0 Å². The predicted octanol–water partition coefficient (Wildman–Crippen LogP) is 0.995. The quantitative estimate of drug-likeness (QED) is 0.714. The Balaban J connectivity index is 2.05. The molecule has 3 atom stereocenters. The van der Waals surface area contributed by atoms with E-state index in [9.17, 15) is 4.79 Å². The maximum atomic E-state index is 11.9. The lowest BCUT2D eigenvalue weighted by atomic mass is 10.0. The SMILES string of the molecule is CCCC(=O)N1C(C)CC2CNCC21. The Morgan fingerprint density at radius 1 is 1.50 bits per heavy atom. The van der Waals surface area contributed by atoms with Gasteiger partial charge in [-0.25, -0.2) is 0 Å². The number of fused-ring (bicyclic) bond motifs is 1.